The largest absolute Gasteiger partial charge is 0.493 e. The molecule has 0 aromatic heterocycles. The lowest BCUT2D eigenvalue weighted by molar-refractivity contribution is -0.138. The molecule has 1 aliphatic carbocycles. The van der Waals surface area contributed by atoms with Crippen molar-refractivity contribution in [3.05, 3.63) is 23.8 Å². The van der Waals surface area contributed by atoms with Crippen LogP contribution in [0.4, 0.5) is 0 Å². The molecule has 1 saturated carbocycles. The molecule has 3 rings (SSSR count). The first-order valence-electron chi connectivity index (χ1n) is 7.31. The van der Waals surface area contributed by atoms with Crippen molar-refractivity contribution < 1.29 is 19.0 Å². The summed E-state index contributed by atoms with van der Waals surface area (Å²) in [5.41, 5.74) is 0.660. The SMILES string of the molecule is COc1ccc(C2(C(=O)N3CCOCC3)CC2)cc1OC. The van der Waals surface area contributed by atoms with Crippen LogP contribution in [0.2, 0.25) is 0 Å². The van der Waals surface area contributed by atoms with Crippen LogP contribution in [-0.4, -0.2) is 51.3 Å². The first-order valence-corrected chi connectivity index (χ1v) is 7.31. The van der Waals surface area contributed by atoms with Crippen LogP contribution in [0, 0.1) is 0 Å². The number of ether oxygens (including phenoxy) is 3. The Labute approximate surface area is 124 Å². The molecule has 1 saturated heterocycles. The van der Waals surface area contributed by atoms with E-state index in [2.05, 4.69) is 0 Å². The second-order valence-corrected chi connectivity index (χ2v) is 5.56. The van der Waals surface area contributed by atoms with Crippen LogP contribution in [0.15, 0.2) is 18.2 Å². The van der Waals surface area contributed by atoms with E-state index >= 15 is 0 Å². The van der Waals surface area contributed by atoms with Gasteiger partial charge >= 0.3 is 0 Å². The number of nitrogens with zero attached hydrogens (tertiary/aromatic N) is 1. The number of rotatable bonds is 4. The van der Waals surface area contributed by atoms with Crippen molar-refractivity contribution in [1.29, 1.82) is 0 Å². The molecule has 0 spiro atoms. The Morgan fingerprint density at radius 2 is 1.81 bits per heavy atom. The lowest BCUT2D eigenvalue weighted by Crippen LogP contribution is -2.45. The zero-order valence-electron chi connectivity index (χ0n) is 12.6. The maximum atomic E-state index is 12.8. The Bertz CT molecular complexity index is 533. The quantitative estimate of drug-likeness (QED) is 0.845. The molecule has 5 heteroatoms. The van der Waals surface area contributed by atoms with Crippen molar-refractivity contribution in [2.75, 3.05) is 40.5 Å². The van der Waals surface area contributed by atoms with E-state index in [0.717, 1.165) is 18.4 Å². The molecule has 1 aromatic carbocycles. The summed E-state index contributed by atoms with van der Waals surface area (Å²) in [5.74, 6) is 1.59. The third kappa shape index (κ3) is 2.46. The highest BCUT2D eigenvalue weighted by Crippen LogP contribution is 2.51. The molecule has 5 nitrogen and oxygen atoms in total. The second kappa shape index (κ2) is 5.56. The Morgan fingerprint density at radius 3 is 2.38 bits per heavy atom. The van der Waals surface area contributed by atoms with Crippen LogP contribution >= 0.6 is 0 Å². The van der Waals surface area contributed by atoms with Crippen LogP contribution in [0.1, 0.15) is 18.4 Å². The van der Waals surface area contributed by atoms with Gasteiger partial charge < -0.3 is 19.1 Å². The van der Waals surface area contributed by atoms with E-state index in [1.165, 1.54) is 0 Å². The number of morpholine rings is 1. The Kier molecular flexibility index (Phi) is 3.76. The molecule has 114 valence electrons. The van der Waals surface area contributed by atoms with Crippen molar-refractivity contribution in [3.8, 4) is 11.5 Å². The number of methoxy groups -OCH3 is 2. The van der Waals surface area contributed by atoms with Gasteiger partial charge in [-0.25, -0.2) is 0 Å². The monoisotopic (exact) mass is 291 g/mol. The summed E-state index contributed by atoms with van der Waals surface area (Å²) < 4.78 is 15.9. The predicted molar refractivity (Wildman–Crippen MR) is 77.9 cm³/mol. The van der Waals surface area contributed by atoms with E-state index in [4.69, 9.17) is 14.2 Å². The minimum Gasteiger partial charge on any atom is -0.493 e. The fourth-order valence-electron chi connectivity index (χ4n) is 2.95. The highest BCUT2D eigenvalue weighted by atomic mass is 16.5. The number of amides is 1. The van der Waals surface area contributed by atoms with E-state index < -0.39 is 0 Å². The highest BCUT2D eigenvalue weighted by Gasteiger charge is 2.53. The zero-order valence-corrected chi connectivity index (χ0v) is 12.6. The van der Waals surface area contributed by atoms with Gasteiger partial charge in [-0.05, 0) is 30.5 Å². The van der Waals surface area contributed by atoms with Crippen molar-refractivity contribution in [2.45, 2.75) is 18.3 Å². The van der Waals surface area contributed by atoms with Gasteiger partial charge in [0.25, 0.3) is 0 Å². The first kappa shape index (κ1) is 14.2. The lowest BCUT2D eigenvalue weighted by Gasteiger charge is -2.31. The molecule has 0 unspecified atom stereocenters. The van der Waals surface area contributed by atoms with Crippen LogP contribution < -0.4 is 9.47 Å². The van der Waals surface area contributed by atoms with Gasteiger partial charge in [-0.3, -0.25) is 4.79 Å². The molecule has 0 bridgehead atoms. The van der Waals surface area contributed by atoms with Gasteiger partial charge in [0.15, 0.2) is 11.5 Å². The third-order valence-electron chi connectivity index (χ3n) is 4.39. The number of benzene rings is 1. The fraction of sp³-hybridized carbons (Fsp3) is 0.562. The molecule has 2 fully saturated rings. The maximum absolute atomic E-state index is 12.8. The average Bonchev–Trinajstić information content (AvgIpc) is 3.36. The van der Waals surface area contributed by atoms with Gasteiger partial charge in [0, 0.05) is 13.1 Å². The normalized spacial score (nSPS) is 20.0. The molecule has 1 aliphatic heterocycles. The summed E-state index contributed by atoms with van der Waals surface area (Å²) in [6, 6.07) is 5.79. The summed E-state index contributed by atoms with van der Waals surface area (Å²) in [6.07, 6.45) is 1.80. The molecular formula is C16H21NO4. The third-order valence-corrected chi connectivity index (χ3v) is 4.39. The van der Waals surface area contributed by atoms with Gasteiger partial charge in [-0.2, -0.15) is 0 Å². The molecule has 0 atom stereocenters. The molecule has 0 N–H and O–H groups in total. The molecule has 1 heterocycles. The van der Waals surface area contributed by atoms with Crippen molar-refractivity contribution in [2.24, 2.45) is 0 Å². The van der Waals surface area contributed by atoms with E-state index in [1.54, 1.807) is 14.2 Å². The van der Waals surface area contributed by atoms with Gasteiger partial charge in [0.2, 0.25) is 5.91 Å². The standard InChI is InChI=1S/C16H21NO4/c1-19-13-4-3-12(11-14(13)20-2)16(5-6-16)15(18)17-7-9-21-10-8-17/h3-4,11H,5-10H2,1-2H3. The molecule has 0 radical (unpaired) electrons. The molecule has 1 aromatic rings. The summed E-state index contributed by atoms with van der Waals surface area (Å²) in [5, 5.41) is 0. The minimum absolute atomic E-state index is 0.220. The van der Waals surface area contributed by atoms with Crippen molar-refractivity contribution in [3.63, 3.8) is 0 Å². The highest BCUT2D eigenvalue weighted by molar-refractivity contribution is 5.91. The predicted octanol–water partition coefficient (Wildman–Crippen LogP) is 1.59. The number of carbonyl (C=O) groups is 1. The van der Waals surface area contributed by atoms with Crippen molar-refractivity contribution >= 4 is 5.91 Å². The number of hydrogen-bond donors (Lipinski definition) is 0. The molecule has 2 aliphatic rings. The second-order valence-electron chi connectivity index (χ2n) is 5.56. The van der Waals surface area contributed by atoms with Crippen molar-refractivity contribution in [1.82, 2.24) is 4.90 Å². The summed E-state index contributed by atoms with van der Waals surface area (Å²) in [7, 11) is 3.23. The van der Waals surface area contributed by atoms with Gasteiger partial charge in [0.1, 0.15) is 0 Å². The summed E-state index contributed by atoms with van der Waals surface area (Å²) in [6.45, 7) is 2.64. The van der Waals surface area contributed by atoms with Gasteiger partial charge in [-0.15, -0.1) is 0 Å². The van der Waals surface area contributed by atoms with Gasteiger partial charge in [0.05, 0.1) is 32.8 Å². The first-order chi connectivity index (χ1) is 10.2. The summed E-state index contributed by atoms with van der Waals surface area (Å²) >= 11 is 0. The smallest absolute Gasteiger partial charge is 0.233 e. The molecule has 21 heavy (non-hydrogen) atoms. The Morgan fingerprint density at radius 1 is 1.14 bits per heavy atom. The fourth-order valence-corrected chi connectivity index (χ4v) is 2.95. The van der Waals surface area contributed by atoms with E-state index in [0.29, 0.717) is 37.8 Å². The Balaban J connectivity index is 1.86. The van der Waals surface area contributed by atoms with E-state index in [1.807, 2.05) is 23.1 Å². The summed E-state index contributed by atoms with van der Waals surface area (Å²) in [4.78, 5) is 14.8. The maximum Gasteiger partial charge on any atom is 0.233 e. The van der Waals surface area contributed by atoms with Crippen LogP contribution in [-0.2, 0) is 14.9 Å². The average molecular weight is 291 g/mol. The van der Waals surface area contributed by atoms with Gasteiger partial charge in [-0.1, -0.05) is 6.07 Å². The van der Waals surface area contributed by atoms with Crippen LogP contribution in [0.3, 0.4) is 0 Å². The van der Waals surface area contributed by atoms with E-state index in [-0.39, 0.29) is 11.3 Å². The molecule has 1 amide bonds. The number of hydrogen-bond acceptors (Lipinski definition) is 4. The number of carbonyl (C=O) groups excluding carboxylic acids is 1. The van der Waals surface area contributed by atoms with E-state index in [9.17, 15) is 4.79 Å². The zero-order chi connectivity index (χ0) is 14.9. The van der Waals surface area contributed by atoms with Crippen LogP contribution in [0.5, 0.6) is 11.5 Å². The lowest BCUT2D eigenvalue weighted by atomic mass is 9.93. The Hall–Kier alpha value is -1.75. The minimum atomic E-state index is -0.364. The molecular weight excluding hydrogens is 270 g/mol. The van der Waals surface area contributed by atoms with Crippen LogP contribution in [0.25, 0.3) is 0 Å². The topological polar surface area (TPSA) is 48.0 Å².